The molecule has 0 amide bonds. The predicted octanol–water partition coefficient (Wildman–Crippen LogP) is 5.21. The molecule has 0 bridgehead atoms. The average Bonchev–Trinajstić information content (AvgIpc) is 2.71. The summed E-state index contributed by atoms with van der Waals surface area (Å²) in [6.45, 7) is 11.6. The Balaban J connectivity index is 1.94. The lowest BCUT2D eigenvalue weighted by Crippen LogP contribution is -2.33. The molecule has 0 aromatic heterocycles. The van der Waals surface area contributed by atoms with Crippen molar-refractivity contribution in [3.8, 4) is 11.8 Å². The largest absolute Gasteiger partial charge is 0.478 e. The van der Waals surface area contributed by atoms with E-state index in [0.717, 1.165) is 11.1 Å². The van der Waals surface area contributed by atoms with Crippen LogP contribution < -0.4 is 0 Å². The van der Waals surface area contributed by atoms with Crippen molar-refractivity contribution in [2.75, 3.05) is 0 Å². The quantitative estimate of drug-likeness (QED) is 0.728. The predicted molar refractivity (Wildman–Crippen MR) is 101 cm³/mol. The smallest absolute Gasteiger partial charge is 0.335 e. The third kappa shape index (κ3) is 2.74. The normalized spacial score (nSPS) is 19.6. The van der Waals surface area contributed by atoms with Gasteiger partial charge in [0, 0.05) is 11.1 Å². The SMILES string of the molecule is CC1c2ccc(C#Cc3ccc(C(=O)O)cc3)cc2C(C)(C)C1(C)C. The number of benzene rings is 2. The van der Waals surface area contributed by atoms with E-state index in [1.807, 2.05) is 0 Å². The molecule has 2 aromatic carbocycles. The van der Waals surface area contributed by atoms with Gasteiger partial charge in [-0.05, 0) is 64.3 Å². The molecular weight excluding hydrogens is 308 g/mol. The topological polar surface area (TPSA) is 37.3 Å². The average molecular weight is 332 g/mol. The summed E-state index contributed by atoms with van der Waals surface area (Å²) in [5.41, 5.74) is 5.21. The Morgan fingerprint density at radius 1 is 0.960 bits per heavy atom. The molecule has 25 heavy (non-hydrogen) atoms. The Morgan fingerprint density at radius 3 is 2.12 bits per heavy atom. The molecule has 0 fully saturated rings. The molecule has 1 aliphatic carbocycles. The van der Waals surface area contributed by atoms with E-state index in [1.165, 1.54) is 11.1 Å². The van der Waals surface area contributed by atoms with Crippen LogP contribution in [-0.2, 0) is 5.41 Å². The summed E-state index contributed by atoms with van der Waals surface area (Å²) < 4.78 is 0. The summed E-state index contributed by atoms with van der Waals surface area (Å²) in [5, 5.41) is 8.95. The summed E-state index contributed by atoms with van der Waals surface area (Å²) in [7, 11) is 0. The monoisotopic (exact) mass is 332 g/mol. The zero-order valence-electron chi connectivity index (χ0n) is 15.5. The van der Waals surface area contributed by atoms with Crippen LogP contribution in [0.3, 0.4) is 0 Å². The molecule has 3 rings (SSSR count). The van der Waals surface area contributed by atoms with Gasteiger partial charge in [-0.3, -0.25) is 0 Å². The summed E-state index contributed by atoms with van der Waals surface area (Å²) >= 11 is 0. The number of hydrogen-bond donors (Lipinski definition) is 1. The number of rotatable bonds is 1. The first-order valence-corrected chi connectivity index (χ1v) is 8.64. The van der Waals surface area contributed by atoms with Crippen molar-refractivity contribution in [1.29, 1.82) is 0 Å². The van der Waals surface area contributed by atoms with E-state index in [9.17, 15) is 4.79 Å². The number of hydrogen-bond acceptors (Lipinski definition) is 1. The molecule has 1 unspecified atom stereocenters. The van der Waals surface area contributed by atoms with Crippen molar-refractivity contribution in [3.63, 3.8) is 0 Å². The van der Waals surface area contributed by atoms with Gasteiger partial charge in [-0.2, -0.15) is 0 Å². The van der Waals surface area contributed by atoms with E-state index in [-0.39, 0.29) is 16.4 Å². The number of carboxylic acids is 1. The first-order valence-electron chi connectivity index (χ1n) is 8.64. The van der Waals surface area contributed by atoms with Crippen molar-refractivity contribution in [1.82, 2.24) is 0 Å². The molecule has 1 aliphatic rings. The minimum atomic E-state index is -0.919. The minimum absolute atomic E-state index is 0.0998. The van der Waals surface area contributed by atoms with Crippen molar-refractivity contribution >= 4 is 5.97 Å². The van der Waals surface area contributed by atoms with E-state index in [0.29, 0.717) is 5.92 Å². The van der Waals surface area contributed by atoms with Gasteiger partial charge in [0.2, 0.25) is 0 Å². The summed E-state index contributed by atoms with van der Waals surface area (Å²) in [4.78, 5) is 10.9. The number of carbonyl (C=O) groups is 1. The lowest BCUT2D eigenvalue weighted by Gasteiger charge is -2.38. The zero-order valence-corrected chi connectivity index (χ0v) is 15.5. The molecule has 0 saturated carbocycles. The second-order valence-electron chi connectivity index (χ2n) is 8.00. The van der Waals surface area contributed by atoms with Gasteiger partial charge < -0.3 is 5.11 Å². The van der Waals surface area contributed by atoms with E-state index in [4.69, 9.17) is 5.11 Å². The van der Waals surface area contributed by atoms with Crippen molar-refractivity contribution in [3.05, 3.63) is 70.3 Å². The maximum atomic E-state index is 10.9. The Morgan fingerprint density at radius 2 is 1.52 bits per heavy atom. The van der Waals surface area contributed by atoms with Gasteiger partial charge in [0.05, 0.1) is 5.56 Å². The number of aromatic carboxylic acids is 1. The van der Waals surface area contributed by atoms with Crippen LogP contribution in [0.1, 0.15) is 73.1 Å². The number of carboxylic acid groups (broad SMARTS) is 1. The molecule has 0 saturated heterocycles. The molecule has 1 atom stereocenters. The van der Waals surface area contributed by atoms with Crippen LogP contribution in [0, 0.1) is 17.3 Å². The molecule has 128 valence electrons. The highest BCUT2D eigenvalue weighted by Gasteiger charge is 2.50. The maximum Gasteiger partial charge on any atom is 0.335 e. The van der Waals surface area contributed by atoms with Crippen LogP contribution in [0.5, 0.6) is 0 Å². The fraction of sp³-hybridized carbons (Fsp3) is 0.348. The first-order chi connectivity index (χ1) is 11.6. The van der Waals surface area contributed by atoms with Crippen LogP contribution in [0.25, 0.3) is 0 Å². The Labute approximate surface area is 149 Å². The lowest BCUT2D eigenvalue weighted by atomic mass is 9.65. The molecule has 2 heteroatoms. The molecule has 0 spiro atoms. The Kier molecular flexibility index (Phi) is 4.00. The summed E-state index contributed by atoms with van der Waals surface area (Å²) in [6.07, 6.45) is 0. The maximum absolute atomic E-state index is 10.9. The van der Waals surface area contributed by atoms with E-state index >= 15 is 0 Å². The number of fused-ring (bicyclic) bond motifs is 1. The van der Waals surface area contributed by atoms with Gasteiger partial charge in [0.15, 0.2) is 0 Å². The second-order valence-corrected chi connectivity index (χ2v) is 8.00. The molecular formula is C23H24O2. The third-order valence-corrected chi connectivity index (χ3v) is 6.37. The van der Waals surface area contributed by atoms with Crippen LogP contribution in [0.2, 0.25) is 0 Å². The van der Waals surface area contributed by atoms with Gasteiger partial charge in [0.25, 0.3) is 0 Å². The summed E-state index contributed by atoms with van der Waals surface area (Å²) in [6, 6.07) is 13.2. The van der Waals surface area contributed by atoms with E-state index in [2.05, 4.69) is 64.7 Å². The van der Waals surface area contributed by atoms with Gasteiger partial charge in [0.1, 0.15) is 0 Å². The third-order valence-electron chi connectivity index (χ3n) is 6.37. The first kappa shape index (κ1) is 17.3. The summed E-state index contributed by atoms with van der Waals surface area (Å²) in [5.74, 6) is 5.95. The minimum Gasteiger partial charge on any atom is -0.478 e. The molecule has 0 heterocycles. The van der Waals surface area contributed by atoms with Gasteiger partial charge in [-0.1, -0.05) is 52.5 Å². The highest BCUT2D eigenvalue weighted by atomic mass is 16.4. The fourth-order valence-electron chi connectivity index (χ4n) is 3.67. The Hall–Kier alpha value is -2.53. The molecule has 1 N–H and O–H groups in total. The molecule has 0 radical (unpaired) electrons. The lowest BCUT2D eigenvalue weighted by molar-refractivity contribution is 0.0697. The Bertz CT molecular complexity index is 890. The zero-order chi connectivity index (χ0) is 18.4. The van der Waals surface area contributed by atoms with Crippen molar-refractivity contribution in [2.24, 2.45) is 5.41 Å². The van der Waals surface area contributed by atoms with Crippen molar-refractivity contribution < 1.29 is 9.90 Å². The highest BCUT2D eigenvalue weighted by molar-refractivity contribution is 5.87. The van der Waals surface area contributed by atoms with Crippen LogP contribution in [0.15, 0.2) is 42.5 Å². The van der Waals surface area contributed by atoms with Crippen LogP contribution in [0.4, 0.5) is 0 Å². The van der Waals surface area contributed by atoms with E-state index < -0.39 is 5.97 Å². The molecule has 0 aliphatic heterocycles. The van der Waals surface area contributed by atoms with Gasteiger partial charge in [-0.15, -0.1) is 0 Å². The van der Waals surface area contributed by atoms with Gasteiger partial charge in [-0.25, -0.2) is 4.79 Å². The second kappa shape index (κ2) is 5.77. The standard InChI is InChI=1S/C23H24O2/c1-15-19-13-10-17(14-20(19)23(4,5)22(15,2)3)7-6-16-8-11-18(12-9-16)21(24)25/h8-15H,1-5H3,(H,24,25). The highest BCUT2D eigenvalue weighted by Crippen LogP contribution is 2.58. The molecule has 2 nitrogen and oxygen atoms in total. The van der Waals surface area contributed by atoms with Gasteiger partial charge >= 0.3 is 5.97 Å². The van der Waals surface area contributed by atoms with Crippen molar-refractivity contribution in [2.45, 2.75) is 46.0 Å². The van der Waals surface area contributed by atoms with E-state index in [1.54, 1.807) is 24.3 Å². The van der Waals surface area contributed by atoms with Crippen LogP contribution >= 0.6 is 0 Å². The molecule has 2 aromatic rings. The fourth-order valence-corrected chi connectivity index (χ4v) is 3.67. The van der Waals surface area contributed by atoms with Crippen LogP contribution in [-0.4, -0.2) is 11.1 Å².